The van der Waals surface area contributed by atoms with Gasteiger partial charge in [-0.1, -0.05) is 0 Å². The van der Waals surface area contributed by atoms with Gasteiger partial charge in [0.25, 0.3) is 0 Å². The van der Waals surface area contributed by atoms with E-state index in [9.17, 15) is 8.78 Å². The minimum atomic E-state index is -3.06. The summed E-state index contributed by atoms with van der Waals surface area (Å²) in [5.74, 6) is 0. The second-order valence-electron chi connectivity index (χ2n) is 2.72. The third kappa shape index (κ3) is 5.23. The molecule has 0 unspecified atom stereocenters. The van der Waals surface area contributed by atoms with Crippen molar-refractivity contribution in [1.82, 2.24) is 0 Å². The van der Waals surface area contributed by atoms with Crippen LogP contribution in [0.25, 0.3) is 0 Å². The van der Waals surface area contributed by atoms with Gasteiger partial charge in [0, 0.05) is 0 Å². The van der Waals surface area contributed by atoms with Crippen molar-refractivity contribution in [1.29, 1.82) is 0 Å². The molecule has 0 bridgehead atoms. The number of halogens is 2. The van der Waals surface area contributed by atoms with E-state index in [0.29, 0.717) is 4.46 Å². The quantitative estimate of drug-likeness (QED) is 0.577. The van der Waals surface area contributed by atoms with E-state index in [2.05, 4.69) is 9.47 Å². The molecule has 1 aromatic rings. The molecule has 0 aliphatic rings. The summed E-state index contributed by atoms with van der Waals surface area (Å²) in [6.07, 6.45) is 0. The zero-order valence-corrected chi connectivity index (χ0v) is 9.99. The second-order valence-corrected chi connectivity index (χ2v) is 5.13. The van der Waals surface area contributed by atoms with Crippen LogP contribution in [0.3, 0.4) is 0 Å². The Balaban J connectivity index is 2.42. The van der Waals surface area contributed by atoms with E-state index in [4.69, 9.17) is 0 Å². The molecule has 15 heavy (non-hydrogen) atoms. The molecule has 2 nitrogen and oxygen atoms in total. The Kier molecular flexibility index (Phi) is 5.19. The summed E-state index contributed by atoms with van der Waals surface area (Å²) in [5.41, 5.74) is 0. The Bertz CT molecular complexity index is 280. The molecule has 0 atom stereocenters. The van der Waals surface area contributed by atoms with Crippen LogP contribution in [0.1, 0.15) is 0 Å². The first kappa shape index (κ1) is 12.6. The van der Waals surface area contributed by atoms with Crippen molar-refractivity contribution in [3.63, 3.8) is 0 Å². The Morgan fingerprint density at radius 1 is 1.20 bits per heavy atom. The van der Waals surface area contributed by atoms with Crippen molar-refractivity contribution >= 4 is 19.4 Å². The molecule has 5 heteroatoms. The van der Waals surface area contributed by atoms with Crippen LogP contribution in [0, 0.1) is 0 Å². The van der Waals surface area contributed by atoms with Crippen molar-refractivity contribution in [3.05, 3.63) is 30.3 Å². The summed E-state index contributed by atoms with van der Waals surface area (Å²) in [6, 6.07) is 8.62. The van der Waals surface area contributed by atoms with Crippen LogP contribution in [0.15, 0.2) is 30.3 Å². The fourth-order valence-corrected chi connectivity index (χ4v) is 2.39. The van der Waals surface area contributed by atoms with Crippen LogP contribution >= 0.6 is 0 Å². The number of benzene rings is 1. The summed E-state index contributed by atoms with van der Waals surface area (Å²) >= 11 is -0.998. The monoisotopic (exact) mass is 282 g/mol. The van der Waals surface area contributed by atoms with Crippen LogP contribution in [-0.4, -0.2) is 40.3 Å². The van der Waals surface area contributed by atoms with Gasteiger partial charge in [-0.2, -0.15) is 0 Å². The first-order chi connectivity index (χ1) is 7.14. The molecule has 0 aromatic heterocycles. The fourth-order valence-electron chi connectivity index (χ4n) is 0.899. The zero-order chi connectivity index (χ0) is 11.1. The van der Waals surface area contributed by atoms with Crippen LogP contribution in [0.4, 0.5) is 8.78 Å². The van der Waals surface area contributed by atoms with Crippen LogP contribution in [0.2, 0.25) is 0 Å². The molecular weight excluding hydrogens is 269 g/mol. The van der Waals surface area contributed by atoms with Gasteiger partial charge >= 0.3 is 93.3 Å². The average Bonchev–Trinajstić information content (AvgIpc) is 2.18. The summed E-state index contributed by atoms with van der Waals surface area (Å²) < 4.78 is 36.1. The molecule has 1 aromatic carbocycles. The number of rotatable bonds is 6. The predicted octanol–water partition coefficient (Wildman–Crippen LogP) is 1.23. The van der Waals surface area contributed by atoms with Crippen LogP contribution in [0.5, 0.6) is 0 Å². The van der Waals surface area contributed by atoms with Gasteiger partial charge in [-0.05, 0) is 0 Å². The Morgan fingerprint density at radius 3 is 2.47 bits per heavy atom. The second kappa shape index (κ2) is 6.18. The van der Waals surface area contributed by atoms with Crippen LogP contribution in [-0.2, 0) is 9.47 Å². The standard InChI is InChI=1S/C10H12F2O2Se/c1-13-7-8-14-10(11,12)15-9-5-3-2-4-6-9/h2-6H,7-8H2,1H3. The molecule has 0 spiro atoms. The van der Waals surface area contributed by atoms with Gasteiger partial charge in [-0.3, -0.25) is 0 Å². The number of methoxy groups -OCH3 is 1. The van der Waals surface area contributed by atoms with E-state index in [0.717, 1.165) is 0 Å². The Morgan fingerprint density at radius 2 is 1.87 bits per heavy atom. The predicted molar refractivity (Wildman–Crippen MR) is 54.6 cm³/mol. The van der Waals surface area contributed by atoms with Crippen molar-refractivity contribution in [2.75, 3.05) is 20.3 Å². The van der Waals surface area contributed by atoms with Gasteiger partial charge in [0.15, 0.2) is 0 Å². The summed E-state index contributed by atoms with van der Waals surface area (Å²) in [5, 5.41) is -3.06. The number of hydrogen-bond donors (Lipinski definition) is 0. The van der Waals surface area contributed by atoms with E-state index < -0.39 is 20.0 Å². The molecule has 0 heterocycles. The average molecular weight is 281 g/mol. The molecule has 0 fully saturated rings. The Hall–Kier alpha value is -0.481. The van der Waals surface area contributed by atoms with Crippen molar-refractivity contribution in [3.8, 4) is 0 Å². The molecule has 84 valence electrons. The summed E-state index contributed by atoms with van der Waals surface area (Å²) in [4.78, 5) is 0. The van der Waals surface area contributed by atoms with E-state index in [-0.39, 0.29) is 13.2 Å². The molecule has 0 amide bonds. The van der Waals surface area contributed by atoms with Gasteiger partial charge in [0.1, 0.15) is 0 Å². The molecular formula is C10H12F2O2Se. The van der Waals surface area contributed by atoms with E-state index >= 15 is 0 Å². The van der Waals surface area contributed by atoms with Crippen LogP contribution < -0.4 is 4.46 Å². The van der Waals surface area contributed by atoms with Crippen molar-refractivity contribution in [2.45, 2.75) is 5.01 Å². The topological polar surface area (TPSA) is 18.5 Å². The van der Waals surface area contributed by atoms with Gasteiger partial charge in [0.2, 0.25) is 0 Å². The fraction of sp³-hybridized carbons (Fsp3) is 0.400. The van der Waals surface area contributed by atoms with Crippen molar-refractivity contribution in [2.24, 2.45) is 0 Å². The molecule has 0 saturated heterocycles. The normalized spacial score (nSPS) is 11.7. The van der Waals surface area contributed by atoms with E-state index in [1.54, 1.807) is 30.3 Å². The molecule has 0 N–H and O–H groups in total. The summed E-state index contributed by atoms with van der Waals surface area (Å²) in [6.45, 7) is 0.0958. The molecule has 0 aliphatic carbocycles. The zero-order valence-electron chi connectivity index (χ0n) is 8.28. The first-order valence-corrected chi connectivity index (χ1v) is 6.10. The third-order valence-electron chi connectivity index (χ3n) is 1.54. The Labute approximate surface area is 93.7 Å². The first-order valence-electron chi connectivity index (χ1n) is 4.39. The van der Waals surface area contributed by atoms with E-state index in [1.807, 2.05) is 0 Å². The summed E-state index contributed by atoms with van der Waals surface area (Å²) in [7, 11) is 1.45. The number of hydrogen-bond acceptors (Lipinski definition) is 2. The third-order valence-corrected chi connectivity index (χ3v) is 3.35. The molecule has 1 rings (SSSR count). The number of ether oxygens (including phenoxy) is 2. The maximum atomic E-state index is 13.2. The maximum absolute atomic E-state index is 13.2. The van der Waals surface area contributed by atoms with Crippen molar-refractivity contribution < 1.29 is 18.3 Å². The van der Waals surface area contributed by atoms with Gasteiger partial charge < -0.3 is 0 Å². The SMILES string of the molecule is COCCOC(F)(F)[Se]c1ccccc1. The molecule has 0 radical (unpaired) electrons. The minimum absolute atomic E-state index is 0.0852. The van der Waals surface area contributed by atoms with Gasteiger partial charge in [-0.25, -0.2) is 0 Å². The van der Waals surface area contributed by atoms with E-state index in [1.165, 1.54) is 7.11 Å². The van der Waals surface area contributed by atoms with Gasteiger partial charge in [-0.15, -0.1) is 0 Å². The molecule has 0 saturated carbocycles. The van der Waals surface area contributed by atoms with Gasteiger partial charge in [0.05, 0.1) is 0 Å². The molecule has 0 aliphatic heterocycles. The number of alkyl halides is 2.